The van der Waals surface area contributed by atoms with Gasteiger partial charge in [-0.25, -0.2) is 0 Å². The molecule has 4 nitrogen and oxygen atoms in total. The molecule has 0 saturated heterocycles. The SMILES string of the molecule is CCCNC(=O)CN(C)C1CC(CCC)CCC1CN. The van der Waals surface area contributed by atoms with Crippen LogP contribution in [0.2, 0.25) is 0 Å². The molecule has 0 aromatic heterocycles. The Morgan fingerprint density at radius 2 is 2.05 bits per heavy atom. The summed E-state index contributed by atoms with van der Waals surface area (Å²) in [5.74, 6) is 1.50. The quantitative estimate of drug-likeness (QED) is 0.716. The number of nitrogens with one attached hydrogen (secondary N) is 1. The van der Waals surface area contributed by atoms with E-state index < -0.39 is 0 Å². The second kappa shape index (κ2) is 9.35. The van der Waals surface area contributed by atoms with E-state index in [0.717, 1.165) is 25.4 Å². The van der Waals surface area contributed by atoms with Gasteiger partial charge in [0.1, 0.15) is 0 Å². The van der Waals surface area contributed by atoms with Crippen LogP contribution in [0.1, 0.15) is 52.4 Å². The fourth-order valence-corrected chi connectivity index (χ4v) is 3.44. The molecule has 1 amide bonds. The highest BCUT2D eigenvalue weighted by Gasteiger charge is 2.32. The van der Waals surface area contributed by atoms with Crippen molar-refractivity contribution in [1.82, 2.24) is 10.2 Å². The number of nitrogens with two attached hydrogens (primary N) is 1. The molecule has 3 atom stereocenters. The van der Waals surface area contributed by atoms with Gasteiger partial charge >= 0.3 is 0 Å². The molecule has 0 spiro atoms. The van der Waals surface area contributed by atoms with E-state index in [0.29, 0.717) is 18.5 Å². The van der Waals surface area contributed by atoms with Crippen molar-refractivity contribution in [2.45, 2.75) is 58.4 Å². The van der Waals surface area contributed by atoms with Gasteiger partial charge < -0.3 is 11.1 Å². The molecule has 4 heteroatoms. The standard InChI is InChI=1S/C16H33N3O/c1-4-6-13-7-8-14(11-17)15(10-13)19(3)12-16(20)18-9-5-2/h13-15H,4-12,17H2,1-3H3,(H,18,20). The molecule has 0 radical (unpaired) electrons. The van der Waals surface area contributed by atoms with Crippen LogP contribution < -0.4 is 11.1 Å². The predicted molar refractivity (Wildman–Crippen MR) is 84.5 cm³/mol. The molecule has 1 fully saturated rings. The largest absolute Gasteiger partial charge is 0.355 e. The highest BCUT2D eigenvalue weighted by molar-refractivity contribution is 5.77. The Morgan fingerprint density at radius 1 is 1.30 bits per heavy atom. The molecule has 0 aliphatic heterocycles. The van der Waals surface area contributed by atoms with Crippen LogP contribution in [0.25, 0.3) is 0 Å². The summed E-state index contributed by atoms with van der Waals surface area (Å²) in [5.41, 5.74) is 5.93. The average molecular weight is 283 g/mol. The maximum Gasteiger partial charge on any atom is 0.234 e. The Bertz CT molecular complexity index is 283. The van der Waals surface area contributed by atoms with Crippen molar-refractivity contribution in [3.05, 3.63) is 0 Å². The van der Waals surface area contributed by atoms with Crippen molar-refractivity contribution in [1.29, 1.82) is 0 Å². The summed E-state index contributed by atoms with van der Waals surface area (Å²) in [4.78, 5) is 14.1. The normalized spacial score (nSPS) is 26.8. The molecule has 1 aliphatic rings. The van der Waals surface area contributed by atoms with Gasteiger partial charge in [-0.2, -0.15) is 0 Å². The number of hydrogen-bond donors (Lipinski definition) is 2. The third-order valence-electron chi connectivity index (χ3n) is 4.60. The lowest BCUT2D eigenvalue weighted by Gasteiger charge is -2.40. The van der Waals surface area contributed by atoms with E-state index in [-0.39, 0.29) is 5.91 Å². The fraction of sp³-hybridized carbons (Fsp3) is 0.938. The van der Waals surface area contributed by atoms with Gasteiger partial charge in [-0.1, -0.05) is 33.1 Å². The average Bonchev–Trinajstić information content (AvgIpc) is 2.45. The zero-order valence-electron chi connectivity index (χ0n) is 13.5. The maximum absolute atomic E-state index is 11.9. The molecular formula is C16H33N3O. The monoisotopic (exact) mass is 283 g/mol. The van der Waals surface area contributed by atoms with E-state index in [4.69, 9.17) is 5.73 Å². The molecule has 3 N–H and O–H groups in total. The van der Waals surface area contributed by atoms with E-state index in [1.807, 2.05) is 0 Å². The van der Waals surface area contributed by atoms with Gasteiger partial charge in [0.15, 0.2) is 0 Å². The first-order valence-corrected chi connectivity index (χ1v) is 8.29. The molecule has 0 heterocycles. The van der Waals surface area contributed by atoms with Crippen molar-refractivity contribution in [3.8, 4) is 0 Å². The van der Waals surface area contributed by atoms with Gasteiger partial charge in [0.2, 0.25) is 5.91 Å². The molecule has 0 aromatic rings. The highest BCUT2D eigenvalue weighted by atomic mass is 16.2. The number of carbonyl (C=O) groups excluding carboxylic acids is 1. The molecule has 0 aromatic carbocycles. The van der Waals surface area contributed by atoms with Gasteiger partial charge in [-0.3, -0.25) is 9.69 Å². The minimum absolute atomic E-state index is 0.141. The molecule has 1 rings (SSSR count). The Morgan fingerprint density at radius 3 is 2.65 bits per heavy atom. The Hall–Kier alpha value is -0.610. The summed E-state index contributed by atoms with van der Waals surface area (Å²) in [6.07, 6.45) is 7.28. The third kappa shape index (κ3) is 5.41. The molecule has 1 saturated carbocycles. The summed E-state index contributed by atoms with van der Waals surface area (Å²) in [7, 11) is 2.08. The minimum atomic E-state index is 0.141. The molecule has 0 bridgehead atoms. The van der Waals surface area contributed by atoms with Crippen LogP contribution in [0.5, 0.6) is 0 Å². The fourth-order valence-electron chi connectivity index (χ4n) is 3.44. The van der Waals surface area contributed by atoms with E-state index in [1.54, 1.807) is 0 Å². The van der Waals surface area contributed by atoms with Crippen LogP contribution >= 0.6 is 0 Å². The first-order chi connectivity index (χ1) is 9.62. The Balaban J connectivity index is 2.51. The topological polar surface area (TPSA) is 58.4 Å². The zero-order chi connectivity index (χ0) is 15.0. The molecular weight excluding hydrogens is 250 g/mol. The number of likely N-dealkylation sites (N-methyl/N-ethyl adjacent to an activating group) is 1. The molecule has 118 valence electrons. The third-order valence-corrected chi connectivity index (χ3v) is 4.60. The zero-order valence-corrected chi connectivity index (χ0v) is 13.5. The second-order valence-electron chi connectivity index (χ2n) is 6.30. The highest BCUT2D eigenvalue weighted by Crippen LogP contribution is 2.33. The Kier molecular flexibility index (Phi) is 8.15. The number of hydrogen-bond acceptors (Lipinski definition) is 3. The van der Waals surface area contributed by atoms with Crippen molar-refractivity contribution >= 4 is 5.91 Å². The van der Waals surface area contributed by atoms with Crippen molar-refractivity contribution in [2.24, 2.45) is 17.6 Å². The van der Waals surface area contributed by atoms with Crippen LogP contribution in [0.4, 0.5) is 0 Å². The van der Waals surface area contributed by atoms with E-state index in [1.165, 1.54) is 32.1 Å². The number of rotatable bonds is 8. The molecule has 1 aliphatic carbocycles. The van der Waals surface area contributed by atoms with Crippen molar-refractivity contribution in [3.63, 3.8) is 0 Å². The first kappa shape index (κ1) is 17.4. The molecule has 20 heavy (non-hydrogen) atoms. The van der Waals surface area contributed by atoms with Crippen LogP contribution in [0.15, 0.2) is 0 Å². The van der Waals surface area contributed by atoms with Crippen molar-refractivity contribution in [2.75, 3.05) is 26.7 Å². The lowest BCUT2D eigenvalue weighted by molar-refractivity contribution is -0.122. The van der Waals surface area contributed by atoms with Crippen LogP contribution in [0, 0.1) is 11.8 Å². The smallest absolute Gasteiger partial charge is 0.234 e. The van der Waals surface area contributed by atoms with Crippen LogP contribution in [-0.4, -0.2) is 43.5 Å². The maximum atomic E-state index is 11.9. The number of amides is 1. The lowest BCUT2D eigenvalue weighted by Crippen LogP contribution is -2.48. The number of nitrogens with zero attached hydrogens (tertiary/aromatic N) is 1. The minimum Gasteiger partial charge on any atom is -0.355 e. The first-order valence-electron chi connectivity index (χ1n) is 8.29. The van der Waals surface area contributed by atoms with Gasteiger partial charge in [0.25, 0.3) is 0 Å². The Labute approximate surface area is 124 Å². The van der Waals surface area contributed by atoms with E-state index >= 15 is 0 Å². The van der Waals surface area contributed by atoms with Crippen LogP contribution in [0.3, 0.4) is 0 Å². The van der Waals surface area contributed by atoms with Gasteiger partial charge in [0, 0.05) is 12.6 Å². The predicted octanol–water partition coefficient (Wildman–Crippen LogP) is 1.99. The summed E-state index contributed by atoms with van der Waals surface area (Å²) < 4.78 is 0. The van der Waals surface area contributed by atoms with Crippen molar-refractivity contribution < 1.29 is 4.79 Å². The summed E-state index contributed by atoms with van der Waals surface area (Å²) in [6, 6.07) is 0.470. The lowest BCUT2D eigenvalue weighted by atomic mass is 9.76. The summed E-state index contributed by atoms with van der Waals surface area (Å²) >= 11 is 0. The number of carbonyl (C=O) groups is 1. The summed E-state index contributed by atoms with van der Waals surface area (Å²) in [6.45, 7) is 6.34. The molecule has 3 unspecified atom stereocenters. The van der Waals surface area contributed by atoms with E-state index in [2.05, 4.69) is 31.1 Å². The van der Waals surface area contributed by atoms with Crippen LogP contribution in [-0.2, 0) is 4.79 Å². The van der Waals surface area contributed by atoms with Gasteiger partial charge in [0.05, 0.1) is 6.54 Å². The summed E-state index contributed by atoms with van der Waals surface area (Å²) in [5, 5.41) is 2.96. The van der Waals surface area contributed by atoms with Gasteiger partial charge in [-0.15, -0.1) is 0 Å². The van der Waals surface area contributed by atoms with Gasteiger partial charge in [-0.05, 0) is 44.7 Å². The van der Waals surface area contributed by atoms with E-state index in [9.17, 15) is 4.79 Å². The second-order valence-corrected chi connectivity index (χ2v) is 6.30.